The van der Waals surface area contributed by atoms with Crippen molar-refractivity contribution >= 4 is 27.5 Å². The van der Waals surface area contributed by atoms with Gasteiger partial charge < -0.3 is 9.32 Å². The van der Waals surface area contributed by atoms with Gasteiger partial charge in [-0.3, -0.25) is 9.78 Å². The van der Waals surface area contributed by atoms with Crippen LogP contribution in [0.5, 0.6) is 0 Å². The zero-order valence-electron chi connectivity index (χ0n) is 13.7. The van der Waals surface area contributed by atoms with Gasteiger partial charge in [0.2, 0.25) is 11.8 Å². The van der Waals surface area contributed by atoms with Crippen LogP contribution in [0.2, 0.25) is 0 Å². The molecule has 0 aromatic carbocycles. The van der Waals surface area contributed by atoms with Gasteiger partial charge >= 0.3 is 0 Å². The van der Waals surface area contributed by atoms with Crippen molar-refractivity contribution in [3.63, 3.8) is 0 Å². The molecule has 2 aromatic rings. The van der Waals surface area contributed by atoms with E-state index in [-0.39, 0.29) is 29.2 Å². The smallest absolute Gasteiger partial charge is 0.277 e. The van der Waals surface area contributed by atoms with E-state index in [1.165, 1.54) is 0 Å². The molecule has 0 radical (unpaired) electrons. The lowest BCUT2D eigenvalue weighted by atomic mass is 10.2. The van der Waals surface area contributed by atoms with Gasteiger partial charge in [0.05, 0.1) is 22.8 Å². The number of hydrogen-bond donors (Lipinski definition) is 0. The molecule has 0 bridgehead atoms. The number of thioether (sulfide) groups is 1. The van der Waals surface area contributed by atoms with Gasteiger partial charge in [0.1, 0.15) is 0 Å². The van der Waals surface area contributed by atoms with Gasteiger partial charge in [0, 0.05) is 25.0 Å². The van der Waals surface area contributed by atoms with Crippen molar-refractivity contribution in [3.8, 4) is 11.5 Å². The van der Waals surface area contributed by atoms with Crippen molar-refractivity contribution in [2.75, 3.05) is 23.8 Å². The predicted octanol–water partition coefficient (Wildman–Crippen LogP) is 1.26. The first kappa shape index (κ1) is 17.9. The maximum Gasteiger partial charge on any atom is 0.277 e. The first-order valence-electron chi connectivity index (χ1n) is 7.85. The molecule has 0 saturated carbocycles. The van der Waals surface area contributed by atoms with E-state index in [1.807, 2.05) is 6.92 Å². The third-order valence-corrected chi connectivity index (χ3v) is 6.50. The van der Waals surface area contributed by atoms with E-state index in [9.17, 15) is 13.2 Å². The number of amides is 1. The maximum absolute atomic E-state index is 12.4. The van der Waals surface area contributed by atoms with Gasteiger partial charge in [-0.05, 0) is 25.5 Å². The summed E-state index contributed by atoms with van der Waals surface area (Å²) in [5.74, 6) is 0.530. The molecule has 0 N–H and O–H groups in total. The maximum atomic E-state index is 12.4. The highest BCUT2D eigenvalue weighted by Crippen LogP contribution is 2.24. The van der Waals surface area contributed by atoms with E-state index in [0.717, 1.165) is 11.8 Å². The quantitative estimate of drug-likeness (QED) is 0.687. The molecule has 1 amide bonds. The summed E-state index contributed by atoms with van der Waals surface area (Å²) in [7, 11) is -3.03. The number of hydrogen-bond acceptors (Lipinski definition) is 8. The summed E-state index contributed by atoms with van der Waals surface area (Å²) in [4.78, 5) is 18.0. The minimum atomic E-state index is -3.03. The fraction of sp³-hybridized carbons (Fsp3) is 0.467. The highest BCUT2D eigenvalue weighted by molar-refractivity contribution is 7.99. The van der Waals surface area contributed by atoms with Crippen LogP contribution < -0.4 is 0 Å². The van der Waals surface area contributed by atoms with Crippen LogP contribution in [0.4, 0.5) is 0 Å². The van der Waals surface area contributed by atoms with E-state index < -0.39 is 9.84 Å². The van der Waals surface area contributed by atoms with Crippen molar-refractivity contribution in [3.05, 3.63) is 24.5 Å². The van der Waals surface area contributed by atoms with Gasteiger partial charge in [0.25, 0.3) is 5.22 Å². The largest absolute Gasteiger partial charge is 0.411 e. The molecule has 0 spiro atoms. The molecule has 25 heavy (non-hydrogen) atoms. The Morgan fingerprint density at radius 1 is 1.44 bits per heavy atom. The number of pyridine rings is 1. The van der Waals surface area contributed by atoms with E-state index >= 15 is 0 Å². The van der Waals surface area contributed by atoms with Crippen LogP contribution in [0.3, 0.4) is 0 Å². The van der Waals surface area contributed by atoms with E-state index in [4.69, 9.17) is 4.42 Å². The van der Waals surface area contributed by atoms with Gasteiger partial charge in [-0.15, -0.1) is 10.2 Å². The van der Waals surface area contributed by atoms with E-state index in [2.05, 4.69) is 15.2 Å². The van der Waals surface area contributed by atoms with Gasteiger partial charge in [-0.2, -0.15) is 0 Å². The lowest BCUT2D eigenvalue weighted by Gasteiger charge is -2.26. The Morgan fingerprint density at radius 3 is 2.92 bits per heavy atom. The second kappa shape index (κ2) is 7.52. The van der Waals surface area contributed by atoms with Gasteiger partial charge in [-0.25, -0.2) is 8.42 Å². The molecule has 1 fully saturated rings. The zero-order valence-corrected chi connectivity index (χ0v) is 15.3. The average Bonchev–Trinajstić information content (AvgIpc) is 3.21. The van der Waals surface area contributed by atoms with Crippen LogP contribution in [-0.2, 0) is 14.6 Å². The molecule has 3 heterocycles. The zero-order chi connectivity index (χ0) is 17.9. The standard InChI is InChI=1S/C15H18N4O4S2/c1-2-19(12-5-7-25(21,22)10-12)13(20)9-24-15-18-17-14(23-15)11-4-3-6-16-8-11/h3-4,6,8,12H,2,5,7,9-10H2,1H3/t12-/m0/s1. The highest BCUT2D eigenvalue weighted by Gasteiger charge is 2.33. The second-order valence-corrected chi connectivity index (χ2v) is 8.80. The Morgan fingerprint density at radius 2 is 2.28 bits per heavy atom. The Labute approximate surface area is 149 Å². The topological polar surface area (TPSA) is 106 Å². The number of sulfone groups is 1. The van der Waals surface area contributed by atoms with Crippen LogP contribution in [-0.4, -0.2) is 64.3 Å². The molecular formula is C15H18N4O4S2. The molecule has 0 unspecified atom stereocenters. The summed E-state index contributed by atoms with van der Waals surface area (Å²) in [6, 6.07) is 3.33. The van der Waals surface area contributed by atoms with Crippen molar-refractivity contribution in [1.82, 2.24) is 20.1 Å². The van der Waals surface area contributed by atoms with Crippen molar-refractivity contribution < 1.29 is 17.6 Å². The summed E-state index contributed by atoms with van der Waals surface area (Å²) >= 11 is 1.15. The summed E-state index contributed by atoms with van der Waals surface area (Å²) in [6.45, 7) is 2.32. The predicted molar refractivity (Wildman–Crippen MR) is 92.7 cm³/mol. The number of aromatic nitrogens is 3. The number of nitrogens with zero attached hydrogens (tertiary/aromatic N) is 4. The summed E-state index contributed by atoms with van der Waals surface area (Å²) in [6.07, 6.45) is 3.77. The van der Waals surface area contributed by atoms with Gasteiger partial charge in [0.15, 0.2) is 9.84 Å². The van der Waals surface area contributed by atoms with Crippen LogP contribution in [0.25, 0.3) is 11.5 Å². The van der Waals surface area contributed by atoms with Crippen LogP contribution in [0.1, 0.15) is 13.3 Å². The Hall–Kier alpha value is -1.94. The van der Waals surface area contributed by atoms with Crippen LogP contribution in [0, 0.1) is 0 Å². The summed E-state index contributed by atoms with van der Waals surface area (Å²) < 4.78 is 28.8. The number of carbonyl (C=O) groups is 1. The number of rotatable bonds is 6. The molecule has 2 aromatic heterocycles. The van der Waals surface area contributed by atoms with E-state index in [0.29, 0.717) is 29.6 Å². The molecule has 8 nitrogen and oxygen atoms in total. The minimum absolute atomic E-state index is 0.0446. The first-order valence-corrected chi connectivity index (χ1v) is 10.7. The van der Waals surface area contributed by atoms with E-state index in [1.54, 1.807) is 29.4 Å². The fourth-order valence-corrected chi connectivity index (χ4v) is 5.12. The molecule has 3 rings (SSSR count). The second-order valence-electron chi connectivity index (χ2n) is 5.64. The molecule has 1 aliphatic heterocycles. The summed E-state index contributed by atoms with van der Waals surface area (Å²) in [5, 5.41) is 8.16. The third-order valence-electron chi connectivity index (χ3n) is 3.94. The van der Waals surface area contributed by atoms with Crippen molar-refractivity contribution in [1.29, 1.82) is 0 Å². The average molecular weight is 382 g/mol. The monoisotopic (exact) mass is 382 g/mol. The Balaban J connectivity index is 1.59. The highest BCUT2D eigenvalue weighted by atomic mass is 32.2. The molecule has 10 heteroatoms. The molecule has 0 aliphatic carbocycles. The number of carbonyl (C=O) groups excluding carboxylic acids is 1. The molecular weight excluding hydrogens is 364 g/mol. The van der Waals surface area contributed by atoms with Gasteiger partial charge in [-0.1, -0.05) is 11.8 Å². The van der Waals surface area contributed by atoms with Crippen molar-refractivity contribution in [2.24, 2.45) is 0 Å². The van der Waals surface area contributed by atoms with Crippen LogP contribution in [0.15, 0.2) is 34.2 Å². The lowest BCUT2D eigenvalue weighted by molar-refractivity contribution is -0.129. The van der Waals surface area contributed by atoms with Crippen LogP contribution >= 0.6 is 11.8 Å². The summed E-state index contributed by atoms with van der Waals surface area (Å²) in [5.41, 5.74) is 0.708. The lowest BCUT2D eigenvalue weighted by Crippen LogP contribution is -2.41. The van der Waals surface area contributed by atoms with Crippen molar-refractivity contribution in [2.45, 2.75) is 24.6 Å². The molecule has 1 atom stereocenters. The SMILES string of the molecule is CCN(C(=O)CSc1nnc(-c2cccnc2)o1)[C@H]1CCS(=O)(=O)C1. The first-order chi connectivity index (χ1) is 12.0. The Bertz CT molecular complexity index is 838. The Kier molecular flexibility index (Phi) is 5.38. The molecule has 134 valence electrons. The minimum Gasteiger partial charge on any atom is -0.411 e. The molecule has 1 saturated heterocycles. The fourth-order valence-electron chi connectivity index (χ4n) is 2.74. The molecule has 1 aliphatic rings. The normalized spacial score (nSPS) is 19.0. The third kappa shape index (κ3) is 4.37.